The number of halogens is 1. The van der Waals surface area contributed by atoms with Gasteiger partial charge in [-0.1, -0.05) is 23.7 Å². The molecular weight excluding hydrogens is 238 g/mol. The number of hydrogen-bond acceptors (Lipinski definition) is 3. The van der Waals surface area contributed by atoms with Crippen LogP contribution < -0.4 is 5.32 Å². The number of ether oxygens (including phenoxy) is 1. The summed E-state index contributed by atoms with van der Waals surface area (Å²) in [7, 11) is 0. The van der Waals surface area contributed by atoms with Crippen molar-refractivity contribution < 1.29 is 9.84 Å². The Bertz CT molecular complexity index is 378. The van der Waals surface area contributed by atoms with E-state index in [4.69, 9.17) is 16.3 Å². The summed E-state index contributed by atoms with van der Waals surface area (Å²) in [4.78, 5) is 0. The molecule has 1 aliphatic rings. The van der Waals surface area contributed by atoms with Gasteiger partial charge >= 0.3 is 0 Å². The number of nitrogens with one attached hydrogen (secondary N) is 1. The minimum Gasteiger partial charge on any atom is -0.506 e. The van der Waals surface area contributed by atoms with Gasteiger partial charge in [0.05, 0.1) is 11.1 Å². The lowest BCUT2D eigenvalue weighted by atomic mass is 10.1. The molecule has 2 atom stereocenters. The molecular formula is C13H18ClNO2. The van der Waals surface area contributed by atoms with Crippen LogP contribution in [0.4, 0.5) is 0 Å². The molecule has 0 aliphatic carbocycles. The highest BCUT2D eigenvalue weighted by atomic mass is 35.5. The molecule has 2 rings (SSSR count). The van der Waals surface area contributed by atoms with Crippen LogP contribution in [0.25, 0.3) is 0 Å². The lowest BCUT2D eigenvalue weighted by Gasteiger charge is -2.20. The molecule has 0 aromatic heterocycles. The van der Waals surface area contributed by atoms with E-state index in [0.29, 0.717) is 11.6 Å². The Labute approximate surface area is 107 Å². The minimum atomic E-state index is 0.168. The molecule has 2 unspecified atom stereocenters. The van der Waals surface area contributed by atoms with Gasteiger partial charge in [0.25, 0.3) is 0 Å². The Hall–Kier alpha value is -0.770. The van der Waals surface area contributed by atoms with E-state index in [9.17, 15) is 5.11 Å². The standard InChI is InChI=1S/C13H18ClNO2/c1-9(12-6-3-7-17-12)15-8-10-4-2-5-11(14)13(10)16/h2,4-5,9,12,15-16H,3,6-8H2,1H3. The lowest BCUT2D eigenvalue weighted by Crippen LogP contribution is -2.36. The molecule has 2 N–H and O–H groups in total. The Kier molecular flexibility index (Phi) is 4.26. The monoisotopic (exact) mass is 255 g/mol. The highest BCUT2D eigenvalue weighted by Gasteiger charge is 2.22. The van der Waals surface area contributed by atoms with E-state index in [0.717, 1.165) is 25.0 Å². The normalized spacial score (nSPS) is 21.6. The number of para-hydroxylation sites is 1. The van der Waals surface area contributed by atoms with Crippen molar-refractivity contribution in [2.75, 3.05) is 6.61 Å². The van der Waals surface area contributed by atoms with Crippen LogP contribution in [0.3, 0.4) is 0 Å². The van der Waals surface area contributed by atoms with Gasteiger partial charge in [0.1, 0.15) is 5.75 Å². The summed E-state index contributed by atoms with van der Waals surface area (Å²) in [5, 5.41) is 13.5. The van der Waals surface area contributed by atoms with Crippen molar-refractivity contribution in [2.24, 2.45) is 0 Å². The second-order valence-electron chi connectivity index (χ2n) is 4.47. The van der Waals surface area contributed by atoms with Gasteiger partial charge in [-0.05, 0) is 25.8 Å². The first kappa shape index (κ1) is 12.7. The van der Waals surface area contributed by atoms with Crippen molar-refractivity contribution in [3.63, 3.8) is 0 Å². The molecule has 1 aromatic rings. The fraction of sp³-hybridized carbons (Fsp3) is 0.538. The van der Waals surface area contributed by atoms with Crippen LogP contribution in [0.2, 0.25) is 5.02 Å². The number of phenols is 1. The number of hydrogen-bond donors (Lipinski definition) is 2. The van der Waals surface area contributed by atoms with Crippen molar-refractivity contribution in [1.29, 1.82) is 0 Å². The summed E-state index contributed by atoms with van der Waals surface area (Å²) in [6.45, 7) is 3.57. The molecule has 4 heteroatoms. The van der Waals surface area contributed by atoms with Gasteiger partial charge in [0.2, 0.25) is 0 Å². The zero-order valence-electron chi connectivity index (χ0n) is 9.95. The largest absolute Gasteiger partial charge is 0.506 e. The van der Waals surface area contributed by atoms with Gasteiger partial charge in [-0.25, -0.2) is 0 Å². The van der Waals surface area contributed by atoms with Crippen LogP contribution in [0.1, 0.15) is 25.3 Å². The van der Waals surface area contributed by atoms with Gasteiger partial charge in [-0.2, -0.15) is 0 Å². The molecule has 17 heavy (non-hydrogen) atoms. The van der Waals surface area contributed by atoms with Crippen molar-refractivity contribution in [3.8, 4) is 5.75 Å². The zero-order chi connectivity index (χ0) is 12.3. The van der Waals surface area contributed by atoms with E-state index in [1.807, 2.05) is 12.1 Å². The number of rotatable bonds is 4. The number of aromatic hydroxyl groups is 1. The SMILES string of the molecule is CC(NCc1cccc(Cl)c1O)C1CCCO1. The first-order valence-corrected chi connectivity index (χ1v) is 6.37. The second kappa shape index (κ2) is 5.71. The van der Waals surface area contributed by atoms with E-state index >= 15 is 0 Å². The molecule has 1 saturated heterocycles. The van der Waals surface area contributed by atoms with Crippen molar-refractivity contribution in [3.05, 3.63) is 28.8 Å². The average molecular weight is 256 g/mol. The minimum absolute atomic E-state index is 0.168. The third kappa shape index (κ3) is 3.12. The van der Waals surface area contributed by atoms with E-state index in [1.54, 1.807) is 6.07 Å². The van der Waals surface area contributed by atoms with E-state index in [1.165, 1.54) is 0 Å². The van der Waals surface area contributed by atoms with Gasteiger partial charge in [-0.15, -0.1) is 0 Å². The summed E-state index contributed by atoms with van der Waals surface area (Å²) < 4.78 is 5.61. The third-order valence-electron chi connectivity index (χ3n) is 3.21. The molecule has 0 spiro atoms. The maximum absolute atomic E-state index is 9.77. The first-order valence-electron chi connectivity index (χ1n) is 6.00. The van der Waals surface area contributed by atoms with Crippen LogP contribution in [0.15, 0.2) is 18.2 Å². The average Bonchev–Trinajstić information content (AvgIpc) is 2.84. The third-order valence-corrected chi connectivity index (χ3v) is 3.51. The number of benzene rings is 1. The van der Waals surface area contributed by atoms with Crippen molar-refractivity contribution in [1.82, 2.24) is 5.32 Å². The molecule has 1 heterocycles. The molecule has 0 bridgehead atoms. The summed E-state index contributed by atoms with van der Waals surface area (Å²) >= 11 is 5.85. The zero-order valence-corrected chi connectivity index (χ0v) is 10.7. The molecule has 1 aliphatic heterocycles. The summed E-state index contributed by atoms with van der Waals surface area (Å²) in [6, 6.07) is 5.69. The fourth-order valence-corrected chi connectivity index (χ4v) is 2.30. The smallest absolute Gasteiger partial charge is 0.138 e. The predicted molar refractivity (Wildman–Crippen MR) is 68.4 cm³/mol. The summed E-state index contributed by atoms with van der Waals surface area (Å²) in [5.74, 6) is 0.168. The molecule has 94 valence electrons. The molecule has 0 amide bonds. The van der Waals surface area contributed by atoms with Crippen molar-refractivity contribution in [2.45, 2.75) is 38.5 Å². The summed E-state index contributed by atoms with van der Waals surface area (Å²) in [5.41, 5.74) is 0.822. The first-order chi connectivity index (χ1) is 8.18. The van der Waals surface area contributed by atoms with Gasteiger partial charge in [0.15, 0.2) is 0 Å². The fourth-order valence-electron chi connectivity index (χ4n) is 2.10. The Balaban J connectivity index is 1.90. The van der Waals surface area contributed by atoms with Crippen LogP contribution in [-0.4, -0.2) is 23.9 Å². The topological polar surface area (TPSA) is 41.5 Å². The van der Waals surface area contributed by atoms with E-state index < -0.39 is 0 Å². The van der Waals surface area contributed by atoms with Gasteiger partial charge in [0, 0.05) is 24.8 Å². The maximum atomic E-state index is 9.77. The van der Waals surface area contributed by atoms with Crippen LogP contribution >= 0.6 is 11.6 Å². The molecule has 1 fully saturated rings. The molecule has 0 saturated carbocycles. The Morgan fingerprint density at radius 3 is 3.12 bits per heavy atom. The predicted octanol–water partition coefficient (Wildman–Crippen LogP) is 2.70. The highest BCUT2D eigenvalue weighted by Crippen LogP contribution is 2.27. The van der Waals surface area contributed by atoms with Crippen LogP contribution in [0, 0.1) is 0 Å². The van der Waals surface area contributed by atoms with Gasteiger partial charge < -0.3 is 15.2 Å². The molecule has 0 radical (unpaired) electrons. The van der Waals surface area contributed by atoms with Crippen molar-refractivity contribution >= 4 is 11.6 Å². The van der Waals surface area contributed by atoms with Crippen LogP contribution in [0.5, 0.6) is 5.75 Å². The number of phenolic OH excluding ortho intramolecular Hbond substituents is 1. The molecule has 1 aromatic carbocycles. The molecule has 3 nitrogen and oxygen atoms in total. The quantitative estimate of drug-likeness (QED) is 0.869. The van der Waals surface area contributed by atoms with E-state index in [-0.39, 0.29) is 17.9 Å². The highest BCUT2D eigenvalue weighted by molar-refractivity contribution is 6.32. The van der Waals surface area contributed by atoms with Gasteiger partial charge in [-0.3, -0.25) is 0 Å². The van der Waals surface area contributed by atoms with E-state index in [2.05, 4.69) is 12.2 Å². The second-order valence-corrected chi connectivity index (χ2v) is 4.88. The summed E-state index contributed by atoms with van der Waals surface area (Å²) in [6.07, 6.45) is 2.53. The van der Waals surface area contributed by atoms with Crippen LogP contribution in [-0.2, 0) is 11.3 Å². The Morgan fingerprint density at radius 2 is 2.41 bits per heavy atom. The lowest BCUT2D eigenvalue weighted by molar-refractivity contribution is 0.0831. The Morgan fingerprint density at radius 1 is 1.59 bits per heavy atom. The maximum Gasteiger partial charge on any atom is 0.138 e.